The van der Waals surface area contributed by atoms with Crippen molar-refractivity contribution in [1.29, 1.82) is 0 Å². The molecule has 2 aromatic rings. The van der Waals surface area contributed by atoms with Crippen molar-refractivity contribution in [2.24, 2.45) is 0 Å². The molecular weight excluding hydrogens is 268 g/mol. The second-order valence-corrected chi connectivity index (χ2v) is 4.46. The van der Waals surface area contributed by atoms with E-state index in [2.05, 4.69) is 5.32 Å². The van der Waals surface area contributed by atoms with E-state index >= 15 is 0 Å². The van der Waals surface area contributed by atoms with Crippen LogP contribution in [0.2, 0.25) is 0 Å². The molecule has 1 N–H and O–H groups in total. The van der Waals surface area contributed by atoms with Gasteiger partial charge in [0.1, 0.15) is 0 Å². The molecule has 0 atom stereocenters. The van der Waals surface area contributed by atoms with Crippen molar-refractivity contribution >= 4 is 17.2 Å². The maximum Gasteiger partial charge on any atom is 0.269 e. The van der Waals surface area contributed by atoms with E-state index in [4.69, 9.17) is 0 Å². The summed E-state index contributed by atoms with van der Waals surface area (Å²) in [6, 6.07) is 13.4. The van der Waals surface area contributed by atoms with Gasteiger partial charge in [0.15, 0.2) is 5.78 Å². The molecule has 2 rings (SSSR count). The predicted octanol–water partition coefficient (Wildman–Crippen LogP) is 3.71. The number of anilines is 1. The highest BCUT2D eigenvalue weighted by molar-refractivity contribution is 6.04. The molecule has 0 unspecified atom stereocenters. The largest absolute Gasteiger partial charge is 0.361 e. The van der Waals surface area contributed by atoms with Crippen molar-refractivity contribution in [3.8, 4) is 0 Å². The first-order chi connectivity index (χ1) is 10.1. The second kappa shape index (κ2) is 6.47. The summed E-state index contributed by atoms with van der Waals surface area (Å²) < 4.78 is 0. The molecule has 5 heteroatoms. The Hall–Kier alpha value is -2.95. The number of nitrogens with zero attached hydrogens (tertiary/aromatic N) is 1. The summed E-state index contributed by atoms with van der Waals surface area (Å²) in [5.41, 5.74) is 2.11. The van der Waals surface area contributed by atoms with Gasteiger partial charge in [-0.25, -0.2) is 0 Å². The smallest absolute Gasteiger partial charge is 0.269 e. The van der Waals surface area contributed by atoms with Crippen molar-refractivity contribution in [3.63, 3.8) is 0 Å². The van der Waals surface area contributed by atoms with Gasteiger partial charge in [0.25, 0.3) is 5.69 Å². The molecule has 0 aromatic heterocycles. The number of benzene rings is 2. The molecule has 106 valence electrons. The molecule has 0 saturated heterocycles. The number of hydrogen-bond donors (Lipinski definition) is 1. The van der Waals surface area contributed by atoms with Gasteiger partial charge in [-0.2, -0.15) is 0 Å². The van der Waals surface area contributed by atoms with Crippen LogP contribution in [-0.4, -0.2) is 10.7 Å². The molecule has 0 spiro atoms. The number of nitro groups is 1. The summed E-state index contributed by atoms with van der Waals surface area (Å²) in [5, 5.41) is 13.6. The van der Waals surface area contributed by atoms with Gasteiger partial charge in [0, 0.05) is 35.7 Å². The number of carbonyl (C=O) groups is 1. The topological polar surface area (TPSA) is 72.2 Å². The zero-order valence-electron chi connectivity index (χ0n) is 11.4. The SMILES string of the molecule is Cc1cc([N+](=O)[O-])ccc1N/C=C/C(=O)c1ccccc1. The Balaban J connectivity index is 2.05. The lowest BCUT2D eigenvalue weighted by Gasteiger charge is -2.04. The van der Waals surface area contributed by atoms with Crippen LogP contribution < -0.4 is 5.32 Å². The maximum atomic E-state index is 11.8. The molecule has 0 aliphatic heterocycles. The number of allylic oxidation sites excluding steroid dienone is 1. The van der Waals surface area contributed by atoms with Crippen LogP contribution in [-0.2, 0) is 0 Å². The summed E-state index contributed by atoms with van der Waals surface area (Å²) >= 11 is 0. The molecular formula is C16H14N2O3. The third kappa shape index (κ3) is 3.76. The highest BCUT2D eigenvalue weighted by Crippen LogP contribution is 2.21. The molecule has 0 saturated carbocycles. The van der Waals surface area contributed by atoms with Gasteiger partial charge in [0.05, 0.1) is 4.92 Å². The number of aryl methyl sites for hydroxylation is 1. The van der Waals surface area contributed by atoms with Crippen LogP contribution in [0, 0.1) is 17.0 Å². The van der Waals surface area contributed by atoms with Gasteiger partial charge in [0.2, 0.25) is 0 Å². The highest BCUT2D eigenvalue weighted by atomic mass is 16.6. The molecule has 2 aromatic carbocycles. The first-order valence-corrected chi connectivity index (χ1v) is 6.35. The maximum absolute atomic E-state index is 11.8. The van der Waals surface area contributed by atoms with Crippen molar-refractivity contribution in [2.45, 2.75) is 6.92 Å². The summed E-state index contributed by atoms with van der Waals surface area (Å²) in [4.78, 5) is 22.1. The van der Waals surface area contributed by atoms with Gasteiger partial charge in [-0.3, -0.25) is 14.9 Å². The Bertz CT molecular complexity index is 694. The van der Waals surface area contributed by atoms with E-state index in [0.717, 1.165) is 11.3 Å². The number of hydrogen-bond acceptors (Lipinski definition) is 4. The summed E-state index contributed by atoms with van der Waals surface area (Å²) in [6.45, 7) is 1.77. The fourth-order valence-electron chi connectivity index (χ4n) is 1.83. The van der Waals surface area contributed by atoms with E-state index in [1.54, 1.807) is 37.3 Å². The molecule has 0 bridgehead atoms. The minimum Gasteiger partial charge on any atom is -0.361 e. The van der Waals surface area contributed by atoms with E-state index < -0.39 is 4.92 Å². The van der Waals surface area contributed by atoms with E-state index in [0.29, 0.717) is 5.56 Å². The zero-order chi connectivity index (χ0) is 15.2. The van der Waals surface area contributed by atoms with Crippen LogP contribution in [0.4, 0.5) is 11.4 Å². The average molecular weight is 282 g/mol. The molecule has 0 heterocycles. The quantitative estimate of drug-likeness (QED) is 0.392. The number of non-ortho nitro benzene ring substituents is 1. The molecule has 0 fully saturated rings. The average Bonchev–Trinajstić information content (AvgIpc) is 2.49. The van der Waals surface area contributed by atoms with E-state index in [9.17, 15) is 14.9 Å². The number of ketones is 1. The molecule has 0 amide bonds. The third-order valence-corrected chi connectivity index (χ3v) is 2.95. The fraction of sp³-hybridized carbons (Fsp3) is 0.0625. The Morgan fingerprint density at radius 1 is 1.19 bits per heavy atom. The number of nitrogens with one attached hydrogen (secondary N) is 1. The zero-order valence-corrected chi connectivity index (χ0v) is 11.4. The van der Waals surface area contributed by atoms with Crippen molar-refractivity contribution in [1.82, 2.24) is 0 Å². The first kappa shape index (κ1) is 14.5. The van der Waals surface area contributed by atoms with E-state index in [1.165, 1.54) is 24.4 Å². The fourth-order valence-corrected chi connectivity index (χ4v) is 1.83. The lowest BCUT2D eigenvalue weighted by Crippen LogP contribution is -1.97. The molecule has 5 nitrogen and oxygen atoms in total. The Morgan fingerprint density at radius 2 is 1.90 bits per heavy atom. The second-order valence-electron chi connectivity index (χ2n) is 4.46. The Kier molecular flexibility index (Phi) is 4.46. The van der Waals surface area contributed by atoms with Crippen LogP contribution >= 0.6 is 0 Å². The normalized spacial score (nSPS) is 10.5. The summed E-state index contributed by atoms with van der Waals surface area (Å²) in [6.07, 6.45) is 2.96. The van der Waals surface area contributed by atoms with Gasteiger partial charge < -0.3 is 5.32 Å². The predicted molar refractivity (Wildman–Crippen MR) is 81.4 cm³/mol. The monoisotopic (exact) mass is 282 g/mol. The molecule has 0 aliphatic carbocycles. The molecule has 0 radical (unpaired) electrons. The minimum atomic E-state index is -0.439. The van der Waals surface area contributed by atoms with Crippen LogP contribution in [0.15, 0.2) is 60.8 Å². The standard InChI is InChI=1S/C16H14N2O3/c1-12-11-14(18(20)21)7-8-15(12)17-10-9-16(19)13-5-3-2-4-6-13/h2-11,17H,1H3/b10-9+. The number of nitro benzene ring substituents is 1. The van der Waals surface area contributed by atoms with Crippen LogP contribution in [0.5, 0.6) is 0 Å². The number of rotatable bonds is 5. The van der Waals surface area contributed by atoms with Crippen molar-refractivity contribution in [2.75, 3.05) is 5.32 Å². The molecule has 21 heavy (non-hydrogen) atoms. The van der Waals surface area contributed by atoms with Crippen LogP contribution in [0.3, 0.4) is 0 Å². The van der Waals surface area contributed by atoms with Gasteiger partial charge in [-0.15, -0.1) is 0 Å². The van der Waals surface area contributed by atoms with Gasteiger partial charge in [-0.1, -0.05) is 30.3 Å². The Labute approximate surface area is 122 Å². The van der Waals surface area contributed by atoms with Crippen molar-refractivity contribution in [3.05, 3.63) is 82.0 Å². The highest BCUT2D eigenvalue weighted by Gasteiger charge is 2.07. The summed E-state index contributed by atoms with van der Waals surface area (Å²) in [5.74, 6) is -0.109. The van der Waals surface area contributed by atoms with E-state index in [-0.39, 0.29) is 11.5 Å². The van der Waals surface area contributed by atoms with E-state index in [1.807, 2.05) is 6.07 Å². The number of carbonyl (C=O) groups excluding carboxylic acids is 1. The lowest BCUT2D eigenvalue weighted by molar-refractivity contribution is -0.384. The van der Waals surface area contributed by atoms with Gasteiger partial charge in [-0.05, 0) is 18.6 Å². The first-order valence-electron chi connectivity index (χ1n) is 6.35. The van der Waals surface area contributed by atoms with Crippen molar-refractivity contribution < 1.29 is 9.72 Å². The lowest BCUT2D eigenvalue weighted by atomic mass is 10.1. The molecule has 0 aliphatic rings. The van der Waals surface area contributed by atoms with Gasteiger partial charge >= 0.3 is 0 Å². The summed E-state index contributed by atoms with van der Waals surface area (Å²) in [7, 11) is 0. The minimum absolute atomic E-state index is 0.0439. The third-order valence-electron chi connectivity index (χ3n) is 2.95. The Morgan fingerprint density at radius 3 is 2.52 bits per heavy atom. The van der Waals surface area contributed by atoms with Crippen LogP contribution in [0.25, 0.3) is 0 Å². The van der Waals surface area contributed by atoms with Crippen LogP contribution in [0.1, 0.15) is 15.9 Å².